The van der Waals surface area contributed by atoms with Crippen LogP contribution in [0.5, 0.6) is 0 Å². The first-order chi connectivity index (χ1) is 17.4. The van der Waals surface area contributed by atoms with Gasteiger partial charge in [0.25, 0.3) is 0 Å². The van der Waals surface area contributed by atoms with Crippen LogP contribution in [0.25, 0.3) is 27.8 Å². The minimum absolute atomic E-state index is 0.137. The zero-order chi connectivity index (χ0) is 25.0. The lowest BCUT2D eigenvalue weighted by atomic mass is 9.87. The number of pyridine rings is 1. The van der Waals surface area contributed by atoms with Gasteiger partial charge in [0, 0.05) is 42.3 Å². The van der Waals surface area contributed by atoms with E-state index in [2.05, 4.69) is 71.6 Å². The van der Waals surface area contributed by atoms with Crippen LogP contribution in [-0.2, 0) is 4.79 Å². The lowest BCUT2D eigenvalue weighted by Crippen LogP contribution is -2.46. The molecule has 2 saturated heterocycles. The summed E-state index contributed by atoms with van der Waals surface area (Å²) in [5, 5.41) is 18.6. The summed E-state index contributed by atoms with van der Waals surface area (Å²) in [6.45, 7) is 8.61. The number of carbonyl (C=O) groups is 1. The maximum atomic E-state index is 12.8. The number of hydrogen-bond acceptors (Lipinski definition) is 5. The summed E-state index contributed by atoms with van der Waals surface area (Å²) in [6, 6.07) is 8.77. The molecule has 36 heavy (non-hydrogen) atoms. The van der Waals surface area contributed by atoms with Gasteiger partial charge in [-0.2, -0.15) is 5.10 Å². The minimum Gasteiger partial charge on any atom is -0.392 e. The van der Waals surface area contributed by atoms with Crippen molar-refractivity contribution in [2.75, 3.05) is 19.6 Å². The average Bonchev–Trinajstić information content (AvgIpc) is 3.61. The minimum atomic E-state index is -0.411. The van der Waals surface area contributed by atoms with Crippen LogP contribution in [0.15, 0.2) is 36.8 Å². The molecule has 0 saturated carbocycles. The van der Waals surface area contributed by atoms with Crippen molar-refractivity contribution in [1.82, 2.24) is 29.8 Å². The molecule has 4 aromatic rings. The van der Waals surface area contributed by atoms with Gasteiger partial charge in [0.15, 0.2) is 5.65 Å². The highest BCUT2D eigenvalue weighted by molar-refractivity contribution is 5.92. The highest BCUT2D eigenvalue weighted by atomic mass is 16.3. The number of H-pyrrole nitrogens is 1. The van der Waals surface area contributed by atoms with E-state index >= 15 is 0 Å². The third-order valence-electron chi connectivity index (χ3n) is 7.97. The Hall–Kier alpha value is -3.23. The Labute approximate surface area is 210 Å². The van der Waals surface area contributed by atoms with Gasteiger partial charge in [0.1, 0.15) is 6.33 Å². The van der Waals surface area contributed by atoms with Crippen LogP contribution in [0.4, 0.5) is 0 Å². The molecule has 188 valence electrons. The lowest BCUT2D eigenvalue weighted by molar-refractivity contribution is -0.134. The number of amides is 1. The smallest absolute Gasteiger partial charge is 0.239 e. The van der Waals surface area contributed by atoms with Gasteiger partial charge in [-0.15, -0.1) is 0 Å². The molecule has 3 N–H and O–H groups in total. The fourth-order valence-corrected chi connectivity index (χ4v) is 6.10. The number of carbonyl (C=O) groups excluding carboxylic acids is 1. The summed E-state index contributed by atoms with van der Waals surface area (Å²) in [5.41, 5.74) is 8.06. The molecule has 2 aliphatic rings. The first kappa shape index (κ1) is 23.2. The van der Waals surface area contributed by atoms with Crippen molar-refractivity contribution in [3.63, 3.8) is 0 Å². The predicted octanol–water partition coefficient (Wildman–Crippen LogP) is 3.74. The number of aryl methyl sites for hydroxylation is 1. The van der Waals surface area contributed by atoms with E-state index in [0.717, 1.165) is 53.9 Å². The van der Waals surface area contributed by atoms with Crippen LogP contribution in [-0.4, -0.2) is 67.3 Å². The number of aliphatic hydroxyl groups excluding tert-OH is 1. The number of fused-ring (bicyclic) bond motifs is 2. The molecule has 1 amide bonds. The topological polar surface area (TPSA) is 98.5 Å². The molecule has 0 aliphatic carbocycles. The molecule has 5 heterocycles. The molecule has 2 fully saturated rings. The van der Waals surface area contributed by atoms with Gasteiger partial charge in [-0.3, -0.25) is 4.79 Å². The zero-order valence-electron chi connectivity index (χ0n) is 21.2. The monoisotopic (exact) mass is 486 g/mol. The molecular formula is C28H34N6O2. The van der Waals surface area contributed by atoms with Gasteiger partial charge >= 0.3 is 0 Å². The van der Waals surface area contributed by atoms with Crippen molar-refractivity contribution in [3.05, 3.63) is 53.5 Å². The van der Waals surface area contributed by atoms with Crippen molar-refractivity contribution in [1.29, 1.82) is 0 Å². The van der Waals surface area contributed by atoms with Crippen molar-refractivity contribution in [3.8, 4) is 11.3 Å². The van der Waals surface area contributed by atoms with E-state index in [4.69, 9.17) is 0 Å². The Kier molecular flexibility index (Phi) is 5.80. The normalized spacial score (nSPS) is 21.3. The molecule has 8 nitrogen and oxygen atoms in total. The number of likely N-dealkylation sites (tertiary alicyclic amines) is 1. The molecule has 2 atom stereocenters. The molecule has 3 aromatic heterocycles. The van der Waals surface area contributed by atoms with E-state index in [9.17, 15) is 9.90 Å². The van der Waals surface area contributed by atoms with Crippen molar-refractivity contribution < 1.29 is 9.90 Å². The Balaban J connectivity index is 1.28. The number of aromatic nitrogens is 4. The summed E-state index contributed by atoms with van der Waals surface area (Å²) in [5.74, 6) is 0.926. The van der Waals surface area contributed by atoms with Crippen LogP contribution in [0, 0.1) is 6.92 Å². The second-order valence-electron chi connectivity index (χ2n) is 10.8. The first-order valence-corrected chi connectivity index (χ1v) is 13.0. The number of benzene rings is 1. The second kappa shape index (κ2) is 9.01. The molecule has 6 rings (SSSR count). The number of piperidine rings is 1. The molecule has 0 radical (unpaired) electrons. The summed E-state index contributed by atoms with van der Waals surface area (Å²) in [7, 11) is 0. The van der Waals surface area contributed by atoms with Crippen molar-refractivity contribution in [2.24, 2.45) is 0 Å². The second-order valence-corrected chi connectivity index (χ2v) is 10.8. The van der Waals surface area contributed by atoms with Crippen LogP contribution < -0.4 is 5.32 Å². The van der Waals surface area contributed by atoms with E-state index in [0.29, 0.717) is 24.8 Å². The van der Waals surface area contributed by atoms with E-state index in [-0.39, 0.29) is 11.9 Å². The number of aromatic amines is 1. The maximum absolute atomic E-state index is 12.8. The van der Waals surface area contributed by atoms with Gasteiger partial charge in [0.05, 0.1) is 17.8 Å². The van der Waals surface area contributed by atoms with Crippen LogP contribution in [0.2, 0.25) is 0 Å². The van der Waals surface area contributed by atoms with E-state index < -0.39 is 6.10 Å². The third-order valence-corrected chi connectivity index (χ3v) is 7.97. The van der Waals surface area contributed by atoms with Gasteiger partial charge in [-0.1, -0.05) is 19.9 Å². The number of β-amino-alcohol motifs (C(OH)–C–C–N with tert-alkyl or cyclic N) is 1. The molecule has 8 heteroatoms. The van der Waals surface area contributed by atoms with Gasteiger partial charge in [-0.05, 0) is 72.9 Å². The Morgan fingerprint density at radius 1 is 1.19 bits per heavy atom. The van der Waals surface area contributed by atoms with Crippen LogP contribution >= 0.6 is 0 Å². The number of hydrogen-bond donors (Lipinski definition) is 3. The number of nitrogens with one attached hydrogen (secondary N) is 2. The average molecular weight is 487 g/mol. The largest absolute Gasteiger partial charge is 0.392 e. The summed E-state index contributed by atoms with van der Waals surface area (Å²) < 4.78 is 1.85. The van der Waals surface area contributed by atoms with Crippen LogP contribution in [0.1, 0.15) is 61.6 Å². The third kappa shape index (κ3) is 3.98. The standard InChI is InChI=1S/C28H34N6O2/c1-16(2)25-22-11-19(18-6-8-33(9-7-18)28(36)24-12-21(35)13-29-24)4-5-23(22)32-26(25)20-10-17(3)27-30-15-31-34(27)14-20/h4-5,10-11,14-16,18,21,24,29,32,35H,6-9,12-13H2,1-3H3/t21-,24-/m0/s1. The van der Waals surface area contributed by atoms with Crippen molar-refractivity contribution in [2.45, 2.75) is 64.0 Å². The Morgan fingerprint density at radius 3 is 2.72 bits per heavy atom. The number of rotatable bonds is 4. The van der Waals surface area contributed by atoms with E-state index in [1.807, 2.05) is 9.42 Å². The molecule has 0 unspecified atom stereocenters. The van der Waals surface area contributed by atoms with E-state index in [1.165, 1.54) is 16.5 Å². The quantitative estimate of drug-likeness (QED) is 0.408. The predicted molar refractivity (Wildman–Crippen MR) is 140 cm³/mol. The lowest BCUT2D eigenvalue weighted by Gasteiger charge is -2.34. The molecule has 0 bridgehead atoms. The Morgan fingerprint density at radius 2 is 2.00 bits per heavy atom. The SMILES string of the molecule is Cc1cc(-c2[nH]c3ccc(C4CCN(C(=O)[C@@H]5C[C@H](O)CN5)CC4)cc3c2C(C)C)cn2ncnc12. The van der Waals surface area contributed by atoms with Crippen molar-refractivity contribution >= 4 is 22.5 Å². The molecular weight excluding hydrogens is 452 g/mol. The fraction of sp³-hybridized carbons (Fsp3) is 0.464. The van der Waals surface area contributed by atoms with Gasteiger partial charge < -0.3 is 20.3 Å². The molecule has 2 aliphatic heterocycles. The first-order valence-electron chi connectivity index (χ1n) is 13.0. The highest BCUT2D eigenvalue weighted by Crippen LogP contribution is 2.38. The van der Waals surface area contributed by atoms with Gasteiger partial charge in [-0.25, -0.2) is 9.50 Å². The number of nitrogens with zero attached hydrogens (tertiary/aromatic N) is 4. The van der Waals surface area contributed by atoms with E-state index in [1.54, 1.807) is 6.33 Å². The summed E-state index contributed by atoms with van der Waals surface area (Å²) in [6.07, 6.45) is 5.68. The highest BCUT2D eigenvalue weighted by Gasteiger charge is 2.33. The van der Waals surface area contributed by atoms with Crippen LogP contribution in [0.3, 0.4) is 0 Å². The number of aliphatic hydroxyl groups is 1. The maximum Gasteiger partial charge on any atom is 0.239 e. The summed E-state index contributed by atoms with van der Waals surface area (Å²) >= 11 is 0. The zero-order valence-corrected chi connectivity index (χ0v) is 21.2. The molecule has 1 aromatic carbocycles. The van der Waals surface area contributed by atoms with Gasteiger partial charge in [0.2, 0.25) is 5.91 Å². The summed E-state index contributed by atoms with van der Waals surface area (Å²) in [4.78, 5) is 22.9. The fourth-order valence-electron chi connectivity index (χ4n) is 6.10. The molecule has 0 spiro atoms. The Bertz CT molecular complexity index is 1430.